The summed E-state index contributed by atoms with van der Waals surface area (Å²) in [5, 5.41) is 18.1. The third kappa shape index (κ3) is 3.03. The second-order valence-electron chi connectivity index (χ2n) is 4.06. The highest BCUT2D eigenvalue weighted by molar-refractivity contribution is 7.07. The van der Waals surface area contributed by atoms with Crippen LogP contribution >= 0.6 is 11.3 Å². The van der Waals surface area contributed by atoms with Crippen molar-refractivity contribution in [2.45, 2.75) is 13.0 Å². The van der Waals surface area contributed by atoms with Gasteiger partial charge in [-0.1, -0.05) is 0 Å². The van der Waals surface area contributed by atoms with Gasteiger partial charge in [-0.3, -0.25) is 10.1 Å². The van der Waals surface area contributed by atoms with Crippen LogP contribution in [-0.4, -0.2) is 12.0 Å². The molecule has 0 aliphatic rings. The van der Waals surface area contributed by atoms with Gasteiger partial charge in [-0.05, 0) is 35.4 Å². The minimum absolute atomic E-state index is 0.0424. The number of ether oxygens (including phenoxy) is 1. The largest absolute Gasteiger partial charge is 0.495 e. The molecule has 0 fully saturated rings. The molecule has 1 aromatic carbocycles. The van der Waals surface area contributed by atoms with Gasteiger partial charge in [0.2, 0.25) is 0 Å². The summed E-state index contributed by atoms with van der Waals surface area (Å²) in [4.78, 5) is 10.4. The lowest BCUT2D eigenvalue weighted by Crippen LogP contribution is -2.07. The molecule has 1 heterocycles. The van der Waals surface area contributed by atoms with Crippen LogP contribution in [0.2, 0.25) is 0 Å². The first-order valence-corrected chi connectivity index (χ1v) is 6.67. The highest BCUT2D eigenvalue weighted by atomic mass is 32.1. The van der Waals surface area contributed by atoms with Crippen molar-refractivity contribution in [3.8, 4) is 5.75 Å². The minimum atomic E-state index is -0.417. The molecule has 1 atom stereocenters. The summed E-state index contributed by atoms with van der Waals surface area (Å²) in [6, 6.07) is 6.59. The van der Waals surface area contributed by atoms with E-state index in [0.29, 0.717) is 11.4 Å². The maximum atomic E-state index is 10.8. The molecule has 5 nitrogen and oxygen atoms in total. The molecule has 0 aliphatic carbocycles. The van der Waals surface area contributed by atoms with E-state index in [9.17, 15) is 10.1 Å². The molecular formula is C13H14N2O3S. The van der Waals surface area contributed by atoms with E-state index < -0.39 is 4.92 Å². The molecule has 1 N–H and O–H groups in total. The number of methoxy groups -OCH3 is 1. The smallest absolute Gasteiger partial charge is 0.271 e. The van der Waals surface area contributed by atoms with E-state index in [4.69, 9.17) is 4.74 Å². The van der Waals surface area contributed by atoms with Gasteiger partial charge >= 0.3 is 0 Å². The van der Waals surface area contributed by atoms with E-state index in [0.717, 1.165) is 5.56 Å². The monoisotopic (exact) mass is 278 g/mol. The second kappa shape index (κ2) is 5.71. The minimum Gasteiger partial charge on any atom is -0.495 e. The molecular weight excluding hydrogens is 264 g/mol. The highest BCUT2D eigenvalue weighted by Gasteiger charge is 2.14. The van der Waals surface area contributed by atoms with Crippen LogP contribution in [-0.2, 0) is 0 Å². The molecule has 0 spiro atoms. The van der Waals surface area contributed by atoms with Crippen molar-refractivity contribution in [1.29, 1.82) is 0 Å². The molecule has 0 amide bonds. The normalized spacial score (nSPS) is 11.9. The van der Waals surface area contributed by atoms with E-state index in [-0.39, 0.29) is 11.7 Å². The molecule has 100 valence electrons. The van der Waals surface area contributed by atoms with Gasteiger partial charge in [0.05, 0.1) is 17.7 Å². The van der Waals surface area contributed by atoms with Crippen molar-refractivity contribution in [3.63, 3.8) is 0 Å². The number of rotatable bonds is 5. The summed E-state index contributed by atoms with van der Waals surface area (Å²) in [5.41, 5.74) is 1.80. The molecule has 2 aromatic rings. The number of non-ortho nitro benzene ring substituents is 1. The van der Waals surface area contributed by atoms with E-state index in [2.05, 4.69) is 5.32 Å². The number of nitrogens with zero attached hydrogens (tertiary/aromatic N) is 1. The fourth-order valence-electron chi connectivity index (χ4n) is 1.76. The zero-order valence-electron chi connectivity index (χ0n) is 10.6. The molecule has 19 heavy (non-hydrogen) atoms. The molecule has 0 aliphatic heterocycles. The molecule has 0 bridgehead atoms. The van der Waals surface area contributed by atoms with Crippen LogP contribution in [0.1, 0.15) is 18.5 Å². The van der Waals surface area contributed by atoms with E-state index in [1.54, 1.807) is 24.5 Å². The Kier molecular flexibility index (Phi) is 4.01. The van der Waals surface area contributed by atoms with E-state index in [1.165, 1.54) is 12.1 Å². The Balaban J connectivity index is 2.27. The standard InChI is InChI=1S/C13H14N2O3S/c1-9(10-5-6-19-8-10)14-12-7-11(15(16)17)3-4-13(12)18-2/h3-9,14H,1-2H3. The van der Waals surface area contributed by atoms with Crippen LogP contribution in [0.15, 0.2) is 35.0 Å². The average Bonchev–Trinajstić information content (AvgIpc) is 2.92. The summed E-state index contributed by atoms with van der Waals surface area (Å²) in [6.45, 7) is 2.00. The first-order chi connectivity index (χ1) is 9.11. The maximum absolute atomic E-state index is 10.8. The van der Waals surface area contributed by atoms with Crippen molar-refractivity contribution in [3.05, 3.63) is 50.7 Å². The predicted octanol–water partition coefficient (Wildman–Crippen LogP) is 3.84. The lowest BCUT2D eigenvalue weighted by atomic mass is 10.1. The third-order valence-electron chi connectivity index (χ3n) is 2.81. The number of nitrogens with one attached hydrogen (secondary N) is 1. The number of thiophene rings is 1. The van der Waals surface area contributed by atoms with Gasteiger partial charge in [0.1, 0.15) is 5.75 Å². The molecule has 1 unspecified atom stereocenters. The van der Waals surface area contributed by atoms with Gasteiger partial charge in [-0.15, -0.1) is 0 Å². The predicted molar refractivity (Wildman–Crippen MR) is 76.0 cm³/mol. The number of nitro groups is 1. The number of hydrogen-bond donors (Lipinski definition) is 1. The fraction of sp³-hybridized carbons (Fsp3) is 0.231. The van der Waals surface area contributed by atoms with Crippen molar-refractivity contribution >= 4 is 22.7 Å². The Morgan fingerprint density at radius 1 is 1.42 bits per heavy atom. The van der Waals surface area contributed by atoms with Crippen LogP contribution in [0.25, 0.3) is 0 Å². The van der Waals surface area contributed by atoms with Crippen molar-refractivity contribution in [2.24, 2.45) is 0 Å². The molecule has 1 aromatic heterocycles. The Bertz CT molecular complexity index is 569. The zero-order chi connectivity index (χ0) is 13.8. The quantitative estimate of drug-likeness (QED) is 0.666. The topological polar surface area (TPSA) is 64.4 Å². The van der Waals surface area contributed by atoms with Crippen LogP contribution in [0.3, 0.4) is 0 Å². The van der Waals surface area contributed by atoms with Crippen molar-refractivity contribution in [2.75, 3.05) is 12.4 Å². The third-order valence-corrected chi connectivity index (χ3v) is 3.51. The summed E-state index contributed by atoms with van der Waals surface area (Å²) in [6.07, 6.45) is 0. The molecule has 0 saturated carbocycles. The summed E-state index contributed by atoms with van der Waals surface area (Å²) >= 11 is 1.62. The number of nitro benzene ring substituents is 1. The summed E-state index contributed by atoms with van der Waals surface area (Å²) in [5.74, 6) is 0.590. The number of hydrogen-bond acceptors (Lipinski definition) is 5. The lowest BCUT2D eigenvalue weighted by Gasteiger charge is -2.16. The summed E-state index contributed by atoms with van der Waals surface area (Å²) < 4.78 is 5.22. The van der Waals surface area contributed by atoms with Crippen LogP contribution < -0.4 is 10.1 Å². The van der Waals surface area contributed by atoms with Gasteiger partial charge in [0, 0.05) is 18.2 Å². The lowest BCUT2D eigenvalue weighted by molar-refractivity contribution is -0.384. The number of anilines is 1. The Labute approximate surface area is 115 Å². The Hall–Kier alpha value is -2.08. The maximum Gasteiger partial charge on any atom is 0.271 e. The fourth-order valence-corrected chi connectivity index (χ4v) is 2.51. The molecule has 6 heteroatoms. The van der Waals surface area contributed by atoms with Crippen LogP contribution in [0.4, 0.5) is 11.4 Å². The average molecular weight is 278 g/mol. The first kappa shape index (κ1) is 13.4. The molecule has 0 radical (unpaired) electrons. The second-order valence-corrected chi connectivity index (χ2v) is 4.84. The first-order valence-electron chi connectivity index (χ1n) is 5.73. The summed E-state index contributed by atoms with van der Waals surface area (Å²) in [7, 11) is 1.54. The van der Waals surface area contributed by atoms with Gasteiger partial charge in [0.15, 0.2) is 0 Å². The van der Waals surface area contributed by atoms with Crippen molar-refractivity contribution in [1.82, 2.24) is 0 Å². The molecule has 0 saturated heterocycles. The SMILES string of the molecule is COc1ccc([N+](=O)[O-])cc1NC(C)c1ccsc1. The Morgan fingerprint density at radius 3 is 2.79 bits per heavy atom. The van der Waals surface area contributed by atoms with Gasteiger partial charge in [-0.2, -0.15) is 11.3 Å². The highest BCUT2D eigenvalue weighted by Crippen LogP contribution is 2.32. The van der Waals surface area contributed by atoms with E-state index >= 15 is 0 Å². The Morgan fingerprint density at radius 2 is 2.21 bits per heavy atom. The van der Waals surface area contributed by atoms with Gasteiger partial charge < -0.3 is 10.1 Å². The number of benzene rings is 1. The molecule has 2 rings (SSSR count). The van der Waals surface area contributed by atoms with Gasteiger partial charge in [-0.25, -0.2) is 0 Å². The zero-order valence-corrected chi connectivity index (χ0v) is 11.4. The van der Waals surface area contributed by atoms with Crippen LogP contribution in [0, 0.1) is 10.1 Å². The van der Waals surface area contributed by atoms with E-state index in [1.807, 2.05) is 23.8 Å². The van der Waals surface area contributed by atoms with Gasteiger partial charge in [0.25, 0.3) is 5.69 Å². The van der Waals surface area contributed by atoms with Crippen molar-refractivity contribution < 1.29 is 9.66 Å². The van der Waals surface area contributed by atoms with Crippen LogP contribution in [0.5, 0.6) is 5.75 Å².